The summed E-state index contributed by atoms with van der Waals surface area (Å²) in [6.45, 7) is 1.30. The van der Waals surface area contributed by atoms with Crippen LogP contribution in [-0.2, 0) is 4.79 Å². The number of aliphatic carboxylic acids is 1. The highest BCUT2D eigenvalue weighted by Crippen LogP contribution is 2.16. The molecule has 0 saturated carbocycles. The van der Waals surface area contributed by atoms with Gasteiger partial charge in [-0.05, 0) is 24.6 Å². The minimum Gasteiger partial charge on any atom is -0.480 e. The SMILES string of the molecule is Cc1cc(C(=NO)c2ccccc2)ccc1C(=O)NCC(=O)O. The van der Waals surface area contributed by atoms with Gasteiger partial charge in [0.05, 0.1) is 0 Å². The zero-order chi connectivity index (χ0) is 16.8. The van der Waals surface area contributed by atoms with E-state index in [1.54, 1.807) is 25.1 Å². The van der Waals surface area contributed by atoms with E-state index >= 15 is 0 Å². The number of carboxylic acid groups (broad SMARTS) is 1. The molecule has 0 aliphatic heterocycles. The maximum atomic E-state index is 11.9. The molecule has 0 spiro atoms. The number of carbonyl (C=O) groups is 2. The Balaban J connectivity index is 2.28. The first-order valence-electron chi connectivity index (χ1n) is 6.91. The number of rotatable bonds is 5. The van der Waals surface area contributed by atoms with Gasteiger partial charge in [0.15, 0.2) is 0 Å². The van der Waals surface area contributed by atoms with Gasteiger partial charge in [0.2, 0.25) is 0 Å². The largest absolute Gasteiger partial charge is 0.480 e. The van der Waals surface area contributed by atoms with E-state index < -0.39 is 18.4 Å². The first-order chi connectivity index (χ1) is 11.0. The van der Waals surface area contributed by atoms with E-state index in [4.69, 9.17) is 5.11 Å². The fourth-order valence-electron chi connectivity index (χ4n) is 2.20. The van der Waals surface area contributed by atoms with Crippen LogP contribution < -0.4 is 5.32 Å². The number of nitrogens with zero attached hydrogens (tertiary/aromatic N) is 1. The van der Waals surface area contributed by atoms with Crippen LogP contribution in [0.4, 0.5) is 0 Å². The van der Waals surface area contributed by atoms with Crippen molar-refractivity contribution in [2.75, 3.05) is 6.54 Å². The van der Waals surface area contributed by atoms with Crippen molar-refractivity contribution in [3.8, 4) is 0 Å². The highest BCUT2D eigenvalue weighted by atomic mass is 16.4. The summed E-state index contributed by atoms with van der Waals surface area (Å²) in [6.07, 6.45) is 0. The van der Waals surface area contributed by atoms with Crippen LogP contribution in [0, 0.1) is 6.92 Å². The monoisotopic (exact) mass is 312 g/mol. The molecule has 1 amide bonds. The van der Waals surface area contributed by atoms with Crippen molar-refractivity contribution in [3.63, 3.8) is 0 Å². The summed E-state index contributed by atoms with van der Waals surface area (Å²) in [6, 6.07) is 14.1. The van der Waals surface area contributed by atoms with Crippen LogP contribution in [0.15, 0.2) is 53.7 Å². The first kappa shape index (κ1) is 16.2. The lowest BCUT2D eigenvalue weighted by Crippen LogP contribution is -2.29. The molecule has 2 aromatic carbocycles. The number of benzene rings is 2. The van der Waals surface area contributed by atoms with Gasteiger partial charge in [-0.25, -0.2) is 0 Å². The molecule has 23 heavy (non-hydrogen) atoms. The maximum Gasteiger partial charge on any atom is 0.322 e. The molecule has 0 fully saturated rings. The minimum absolute atomic E-state index is 0.375. The summed E-state index contributed by atoms with van der Waals surface area (Å²) in [5, 5.41) is 23.5. The number of carboxylic acids is 1. The standard InChI is InChI=1S/C17H16N2O4/c1-11-9-13(16(19-23)12-5-3-2-4-6-12)7-8-14(11)17(22)18-10-15(20)21/h2-9,23H,10H2,1H3,(H,18,22)(H,20,21). The topological polar surface area (TPSA) is 99.0 Å². The highest BCUT2D eigenvalue weighted by Gasteiger charge is 2.13. The fraction of sp³-hybridized carbons (Fsp3) is 0.118. The number of carbonyl (C=O) groups excluding carboxylic acids is 1. The quantitative estimate of drug-likeness (QED) is 0.447. The Morgan fingerprint density at radius 1 is 1.09 bits per heavy atom. The molecule has 2 aromatic rings. The van der Waals surface area contributed by atoms with Crippen LogP contribution >= 0.6 is 0 Å². The van der Waals surface area contributed by atoms with Gasteiger partial charge in [0.25, 0.3) is 5.91 Å². The predicted octanol–water partition coefficient (Wildman–Crippen LogP) is 2.04. The summed E-state index contributed by atoms with van der Waals surface area (Å²) in [7, 11) is 0. The van der Waals surface area contributed by atoms with Gasteiger partial charge in [0.1, 0.15) is 12.3 Å². The van der Waals surface area contributed by atoms with Crippen molar-refractivity contribution in [2.45, 2.75) is 6.92 Å². The van der Waals surface area contributed by atoms with E-state index in [0.717, 1.165) is 5.56 Å². The molecule has 0 unspecified atom stereocenters. The van der Waals surface area contributed by atoms with Crippen molar-refractivity contribution in [1.29, 1.82) is 0 Å². The van der Waals surface area contributed by atoms with Crippen LogP contribution in [-0.4, -0.2) is 34.4 Å². The van der Waals surface area contributed by atoms with E-state index in [-0.39, 0.29) is 0 Å². The van der Waals surface area contributed by atoms with Crippen molar-refractivity contribution < 1.29 is 19.9 Å². The average Bonchev–Trinajstić information content (AvgIpc) is 2.54. The Kier molecular flexibility index (Phi) is 5.09. The molecule has 0 aliphatic carbocycles. The number of amides is 1. The van der Waals surface area contributed by atoms with Crippen molar-refractivity contribution >= 4 is 17.6 Å². The Hall–Kier alpha value is -3.15. The molecule has 3 N–H and O–H groups in total. The van der Waals surface area contributed by atoms with Gasteiger partial charge in [-0.2, -0.15) is 0 Å². The molecule has 0 radical (unpaired) electrons. The van der Waals surface area contributed by atoms with Crippen molar-refractivity contribution in [2.24, 2.45) is 5.16 Å². The van der Waals surface area contributed by atoms with E-state index in [1.807, 2.05) is 30.3 Å². The molecule has 0 saturated heterocycles. The summed E-state index contributed by atoms with van der Waals surface area (Å²) < 4.78 is 0. The number of oxime groups is 1. The Morgan fingerprint density at radius 2 is 1.78 bits per heavy atom. The molecule has 0 heterocycles. The fourth-order valence-corrected chi connectivity index (χ4v) is 2.20. The summed E-state index contributed by atoms with van der Waals surface area (Å²) in [5.41, 5.74) is 2.83. The van der Waals surface area contributed by atoms with Gasteiger partial charge in [-0.3, -0.25) is 9.59 Å². The lowest BCUT2D eigenvalue weighted by Gasteiger charge is -2.10. The number of hydrogen-bond donors (Lipinski definition) is 3. The third-order valence-electron chi connectivity index (χ3n) is 3.29. The van der Waals surface area contributed by atoms with Gasteiger partial charge in [-0.1, -0.05) is 41.6 Å². The smallest absolute Gasteiger partial charge is 0.322 e. The van der Waals surface area contributed by atoms with E-state index in [2.05, 4.69) is 10.5 Å². The summed E-state index contributed by atoms with van der Waals surface area (Å²) >= 11 is 0. The molecule has 0 aliphatic rings. The average molecular weight is 312 g/mol. The zero-order valence-electron chi connectivity index (χ0n) is 12.5. The van der Waals surface area contributed by atoms with E-state index in [9.17, 15) is 14.8 Å². The van der Waals surface area contributed by atoms with Gasteiger partial charge in [0, 0.05) is 16.7 Å². The van der Waals surface area contributed by atoms with Gasteiger partial charge in [-0.15, -0.1) is 0 Å². The molecule has 0 atom stereocenters. The van der Waals surface area contributed by atoms with Crippen LogP contribution in [0.5, 0.6) is 0 Å². The Morgan fingerprint density at radius 3 is 2.35 bits per heavy atom. The third kappa shape index (κ3) is 3.94. The molecule has 0 bridgehead atoms. The second kappa shape index (κ2) is 7.22. The summed E-state index contributed by atoms with van der Waals surface area (Å²) in [5.74, 6) is -1.56. The molecule has 118 valence electrons. The van der Waals surface area contributed by atoms with E-state index in [1.165, 1.54) is 0 Å². The molecular formula is C17H16N2O4. The molecule has 2 rings (SSSR count). The van der Waals surface area contributed by atoms with Gasteiger partial charge < -0.3 is 15.6 Å². The third-order valence-corrected chi connectivity index (χ3v) is 3.29. The Bertz CT molecular complexity index is 754. The lowest BCUT2D eigenvalue weighted by atomic mass is 9.98. The van der Waals surface area contributed by atoms with Crippen LogP contribution in [0.25, 0.3) is 0 Å². The van der Waals surface area contributed by atoms with E-state index in [0.29, 0.717) is 22.4 Å². The number of nitrogens with one attached hydrogen (secondary N) is 1. The van der Waals surface area contributed by atoms with Crippen LogP contribution in [0.1, 0.15) is 27.0 Å². The second-order valence-electron chi connectivity index (χ2n) is 4.92. The van der Waals surface area contributed by atoms with Crippen molar-refractivity contribution in [3.05, 3.63) is 70.8 Å². The second-order valence-corrected chi connectivity index (χ2v) is 4.92. The lowest BCUT2D eigenvalue weighted by molar-refractivity contribution is -0.135. The molecule has 6 nitrogen and oxygen atoms in total. The Labute approximate surface area is 133 Å². The molecule has 0 aromatic heterocycles. The normalized spacial score (nSPS) is 11.1. The minimum atomic E-state index is -1.11. The summed E-state index contributed by atoms with van der Waals surface area (Å²) in [4.78, 5) is 22.4. The predicted molar refractivity (Wildman–Crippen MR) is 85.0 cm³/mol. The molecule has 6 heteroatoms. The molecular weight excluding hydrogens is 296 g/mol. The van der Waals surface area contributed by atoms with Crippen LogP contribution in [0.3, 0.4) is 0 Å². The number of hydrogen-bond acceptors (Lipinski definition) is 4. The zero-order valence-corrected chi connectivity index (χ0v) is 12.5. The highest BCUT2D eigenvalue weighted by molar-refractivity contribution is 6.13. The van der Waals surface area contributed by atoms with Crippen LogP contribution in [0.2, 0.25) is 0 Å². The van der Waals surface area contributed by atoms with Gasteiger partial charge >= 0.3 is 5.97 Å². The first-order valence-corrected chi connectivity index (χ1v) is 6.91. The number of aryl methyl sites for hydroxylation is 1. The van der Waals surface area contributed by atoms with Crippen molar-refractivity contribution in [1.82, 2.24) is 5.32 Å². The maximum absolute atomic E-state index is 11.9.